The fourth-order valence-corrected chi connectivity index (χ4v) is 3.49. The van der Waals surface area contributed by atoms with E-state index >= 15 is 0 Å². The van der Waals surface area contributed by atoms with E-state index in [-0.39, 0.29) is 6.10 Å². The quantitative estimate of drug-likeness (QED) is 0.812. The van der Waals surface area contributed by atoms with Crippen molar-refractivity contribution in [3.63, 3.8) is 0 Å². The number of hydrogen-bond acceptors (Lipinski definition) is 2. The molecule has 0 radical (unpaired) electrons. The first-order chi connectivity index (χ1) is 8.31. The Labute approximate surface area is 114 Å². The molecule has 0 saturated heterocycles. The lowest BCUT2D eigenvalue weighted by Crippen LogP contribution is -2.40. The van der Waals surface area contributed by atoms with E-state index in [1.807, 2.05) is 0 Å². The third-order valence-corrected chi connectivity index (χ3v) is 4.04. The fourth-order valence-electron chi connectivity index (χ4n) is 3.49. The molecule has 0 spiro atoms. The highest BCUT2D eigenvalue weighted by molar-refractivity contribution is 4.82. The summed E-state index contributed by atoms with van der Waals surface area (Å²) in [6.07, 6.45) is 6.02. The van der Waals surface area contributed by atoms with Crippen molar-refractivity contribution in [3.05, 3.63) is 0 Å². The van der Waals surface area contributed by atoms with E-state index in [1.165, 1.54) is 25.7 Å². The Bertz CT molecular complexity index is 234. The van der Waals surface area contributed by atoms with Gasteiger partial charge in [-0.1, -0.05) is 40.5 Å². The Balaban J connectivity index is 2.43. The van der Waals surface area contributed by atoms with Gasteiger partial charge in [0.2, 0.25) is 0 Å². The summed E-state index contributed by atoms with van der Waals surface area (Å²) in [5.74, 6) is 1.34. The molecule has 3 unspecified atom stereocenters. The van der Waals surface area contributed by atoms with E-state index in [9.17, 15) is 5.11 Å². The van der Waals surface area contributed by atoms with Gasteiger partial charge in [-0.2, -0.15) is 0 Å². The van der Waals surface area contributed by atoms with E-state index < -0.39 is 0 Å². The molecule has 0 aliphatic heterocycles. The van der Waals surface area contributed by atoms with Crippen LogP contribution in [0.1, 0.15) is 59.8 Å². The molecule has 18 heavy (non-hydrogen) atoms. The lowest BCUT2D eigenvalue weighted by Gasteiger charge is -2.37. The predicted molar refractivity (Wildman–Crippen MR) is 78.7 cm³/mol. The average Bonchev–Trinajstić information content (AvgIpc) is 2.20. The summed E-state index contributed by atoms with van der Waals surface area (Å²) in [6, 6.07) is 0. The van der Waals surface area contributed by atoms with Gasteiger partial charge in [0, 0.05) is 13.1 Å². The molecule has 1 fully saturated rings. The van der Waals surface area contributed by atoms with Crippen molar-refractivity contribution in [2.24, 2.45) is 17.3 Å². The zero-order valence-corrected chi connectivity index (χ0v) is 13.1. The minimum absolute atomic E-state index is 0.0690. The smallest absolute Gasteiger partial charge is 0.0580 e. The van der Waals surface area contributed by atoms with Gasteiger partial charge in [0.25, 0.3) is 0 Å². The normalized spacial score (nSPS) is 29.8. The third kappa shape index (κ3) is 5.71. The van der Waals surface area contributed by atoms with Crippen LogP contribution in [-0.2, 0) is 0 Å². The van der Waals surface area contributed by atoms with Crippen molar-refractivity contribution in [3.8, 4) is 0 Å². The highest BCUT2D eigenvalue weighted by atomic mass is 16.3. The minimum Gasteiger partial charge on any atom is -0.393 e. The monoisotopic (exact) mass is 255 g/mol. The summed E-state index contributed by atoms with van der Waals surface area (Å²) in [7, 11) is 2.20. The van der Waals surface area contributed by atoms with Crippen LogP contribution in [0.4, 0.5) is 0 Å². The van der Waals surface area contributed by atoms with Gasteiger partial charge in [0.15, 0.2) is 0 Å². The van der Waals surface area contributed by atoms with Crippen LogP contribution in [0.15, 0.2) is 0 Å². The van der Waals surface area contributed by atoms with Crippen molar-refractivity contribution >= 4 is 0 Å². The maximum atomic E-state index is 10.2. The van der Waals surface area contributed by atoms with Gasteiger partial charge in [-0.25, -0.2) is 0 Å². The van der Waals surface area contributed by atoms with Gasteiger partial charge >= 0.3 is 0 Å². The summed E-state index contributed by atoms with van der Waals surface area (Å²) in [5, 5.41) is 10.2. The second-order valence-corrected chi connectivity index (χ2v) is 7.55. The molecule has 0 heterocycles. The fraction of sp³-hybridized carbons (Fsp3) is 1.00. The lowest BCUT2D eigenvalue weighted by molar-refractivity contribution is 0.0254. The van der Waals surface area contributed by atoms with Crippen LogP contribution in [0, 0.1) is 17.3 Å². The molecule has 0 amide bonds. The maximum absolute atomic E-state index is 10.2. The van der Waals surface area contributed by atoms with Crippen LogP contribution in [0.2, 0.25) is 0 Å². The number of aliphatic hydroxyl groups excluding tert-OH is 1. The van der Waals surface area contributed by atoms with Crippen LogP contribution >= 0.6 is 0 Å². The Kier molecular flexibility index (Phi) is 6.13. The van der Waals surface area contributed by atoms with Crippen molar-refractivity contribution in [1.29, 1.82) is 0 Å². The molecule has 1 aliphatic carbocycles. The first kappa shape index (κ1) is 16.0. The molecule has 108 valence electrons. The topological polar surface area (TPSA) is 23.5 Å². The zero-order chi connectivity index (χ0) is 13.8. The summed E-state index contributed by atoms with van der Waals surface area (Å²) < 4.78 is 0. The van der Waals surface area contributed by atoms with Crippen LogP contribution in [0.3, 0.4) is 0 Å². The molecular weight excluding hydrogens is 222 g/mol. The molecular formula is C16H33NO. The summed E-state index contributed by atoms with van der Waals surface area (Å²) in [4.78, 5) is 2.40. The standard InChI is InChI=1S/C16H33NO/c1-6-7-13-8-9-15(18)14(10-13)11-17(5)12-16(2,3)4/h13-15,18H,6-12H2,1-5H3. The predicted octanol–water partition coefficient (Wildman–Crippen LogP) is 3.54. The minimum atomic E-state index is -0.0690. The van der Waals surface area contributed by atoms with Crippen molar-refractivity contribution in [2.45, 2.75) is 65.9 Å². The molecule has 0 aromatic heterocycles. The number of aliphatic hydroxyl groups is 1. The average molecular weight is 255 g/mol. The molecule has 1 aliphatic rings. The Morgan fingerprint density at radius 1 is 1.22 bits per heavy atom. The second-order valence-electron chi connectivity index (χ2n) is 7.55. The van der Waals surface area contributed by atoms with Crippen molar-refractivity contribution < 1.29 is 5.11 Å². The van der Waals surface area contributed by atoms with Gasteiger partial charge in [-0.3, -0.25) is 0 Å². The van der Waals surface area contributed by atoms with E-state index in [1.54, 1.807) is 0 Å². The van der Waals surface area contributed by atoms with Crippen molar-refractivity contribution in [1.82, 2.24) is 4.90 Å². The highest BCUT2D eigenvalue weighted by Crippen LogP contribution is 2.32. The lowest BCUT2D eigenvalue weighted by atomic mass is 9.77. The molecule has 0 aromatic rings. The molecule has 1 saturated carbocycles. The summed E-state index contributed by atoms with van der Waals surface area (Å²) in [5.41, 5.74) is 0.344. The summed E-state index contributed by atoms with van der Waals surface area (Å²) in [6.45, 7) is 11.3. The molecule has 1 rings (SSSR count). The van der Waals surface area contributed by atoms with E-state index in [4.69, 9.17) is 0 Å². The molecule has 2 nitrogen and oxygen atoms in total. The molecule has 2 heteroatoms. The number of hydrogen-bond donors (Lipinski definition) is 1. The molecule has 1 N–H and O–H groups in total. The first-order valence-electron chi connectivity index (χ1n) is 7.68. The van der Waals surface area contributed by atoms with Crippen LogP contribution in [0.5, 0.6) is 0 Å². The molecule has 0 aromatic carbocycles. The van der Waals surface area contributed by atoms with Gasteiger partial charge in [-0.05, 0) is 43.6 Å². The van der Waals surface area contributed by atoms with Crippen LogP contribution in [-0.4, -0.2) is 36.2 Å². The zero-order valence-electron chi connectivity index (χ0n) is 13.1. The van der Waals surface area contributed by atoms with Gasteiger partial charge in [-0.15, -0.1) is 0 Å². The van der Waals surface area contributed by atoms with Crippen LogP contribution < -0.4 is 0 Å². The first-order valence-corrected chi connectivity index (χ1v) is 7.68. The Morgan fingerprint density at radius 3 is 2.44 bits per heavy atom. The largest absolute Gasteiger partial charge is 0.393 e. The summed E-state index contributed by atoms with van der Waals surface area (Å²) >= 11 is 0. The Morgan fingerprint density at radius 2 is 1.89 bits per heavy atom. The molecule has 0 bridgehead atoms. The highest BCUT2D eigenvalue weighted by Gasteiger charge is 2.30. The van der Waals surface area contributed by atoms with Crippen molar-refractivity contribution in [2.75, 3.05) is 20.1 Å². The van der Waals surface area contributed by atoms with Gasteiger partial charge in [0.05, 0.1) is 6.10 Å². The van der Waals surface area contributed by atoms with E-state index in [0.717, 1.165) is 25.4 Å². The second kappa shape index (κ2) is 6.91. The third-order valence-electron chi connectivity index (χ3n) is 4.04. The van der Waals surface area contributed by atoms with Gasteiger partial charge in [0.1, 0.15) is 0 Å². The van der Waals surface area contributed by atoms with E-state index in [2.05, 4.69) is 39.6 Å². The number of rotatable bonds is 5. The SMILES string of the molecule is CCCC1CCC(O)C(CN(C)CC(C)(C)C)C1. The van der Waals surface area contributed by atoms with Crippen LogP contribution in [0.25, 0.3) is 0 Å². The maximum Gasteiger partial charge on any atom is 0.0580 e. The van der Waals surface area contributed by atoms with Gasteiger partial charge < -0.3 is 10.0 Å². The molecule has 3 atom stereocenters. The van der Waals surface area contributed by atoms with E-state index in [0.29, 0.717) is 11.3 Å². The number of nitrogens with zero attached hydrogens (tertiary/aromatic N) is 1. The Hall–Kier alpha value is -0.0800.